The lowest BCUT2D eigenvalue weighted by Gasteiger charge is -2.12. The van der Waals surface area contributed by atoms with E-state index in [1.807, 2.05) is 30.3 Å². The standard InChI is InChI=1S/C9H14NO4P.ClH/c10-9(7-14-15(11,12)13)6-8-4-2-1-3-5-8;/h1-5,9H,6-7,10H2,(H2,11,12,13);1H/t9-;/m1./s1. The summed E-state index contributed by atoms with van der Waals surface area (Å²) in [5.41, 5.74) is 6.66. The summed E-state index contributed by atoms with van der Waals surface area (Å²) in [5.74, 6) is 0. The summed E-state index contributed by atoms with van der Waals surface area (Å²) in [4.78, 5) is 16.9. The van der Waals surface area contributed by atoms with Gasteiger partial charge in [-0.1, -0.05) is 30.3 Å². The molecular formula is C9H15ClNO4P. The highest BCUT2D eigenvalue weighted by atomic mass is 35.5. The summed E-state index contributed by atoms with van der Waals surface area (Å²) in [6.45, 7) is -0.154. The van der Waals surface area contributed by atoms with Crippen LogP contribution in [0.4, 0.5) is 0 Å². The van der Waals surface area contributed by atoms with Gasteiger partial charge in [0, 0.05) is 6.04 Å². The van der Waals surface area contributed by atoms with Crippen molar-refractivity contribution in [2.24, 2.45) is 5.73 Å². The molecule has 0 heterocycles. The number of benzene rings is 1. The summed E-state index contributed by atoms with van der Waals surface area (Å²) in [6.07, 6.45) is 0.529. The quantitative estimate of drug-likeness (QED) is 0.695. The van der Waals surface area contributed by atoms with Crippen LogP contribution in [0, 0.1) is 0 Å². The maximum Gasteiger partial charge on any atom is 0.469 e. The zero-order chi connectivity index (χ0) is 11.3. The van der Waals surface area contributed by atoms with Crippen molar-refractivity contribution in [1.29, 1.82) is 0 Å². The molecule has 0 aromatic heterocycles. The minimum absolute atomic E-state index is 0. The molecule has 0 unspecified atom stereocenters. The van der Waals surface area contributed by atoms with Gasteiger partial charge >= 0.3 is 7.82 Å². The SMILES string of the molecule is Cl.N[C@@H](COP(=O)(O)O)Cc1ccccc1. The van der Waals surface area contributed by atoms with Gasteiger partial charge in [-0.2, -0.15) is 0 Å². The summed E-state index contributed by atoms with van der Waals surface area (Å²) in [7, 11) is -4.40. The van der Waals surface area contributed by atoms with Crippen molar-refractivity contribution in [3.8, 4) is 0 Å². The van der Waals surface area contributed by atoms with E-state index in [0.717, 1.165) is 5.56 Å². The molecule has 16 heavy (non-hydrogen) atoms. The van der Waals surface area contributed by atoms with Crippen molar-refractivity contribution < 1.29 is 18.9 Å². The minimum atomic E-state index is -4.40. The Labute approximate surface area is 100 Å². The molecule has 1 atom stereocenters. The molecule has 0 radical (unpaired) electrons. The molecule has 1 rings (SSSR count). The van der Waals surface area contributed by atoms with Crippen LogP contribution in [0.1, 0.15) is 5.56 Å². The van der Waals surface area contributed by atoms with Gasteiger partial charge in [-0.3, -0.25) is 4.52 Å². The zero-order valence-electron chi connectivity index (χ0n) is 8.52. The molecule has 0 saturated carbocycles. The van der Waals surface area contributed by atoms with Crippen LogP contribution in [0.3, 0.4) is 0 Å². The lowest BCUT2D eigenvalue weighted by Crippen LogP contribution is -2.28. The van der Waals surface area contributed by atoms with Crippen LogP contribution in [-0.4, -0.2) is 22.4 Å². The fourth-order valence-corrected chi connectivity index (χ4v) is 1.55. The van der Waals surface area contributed by atoms with E-state index in [4.69, 9.17) is 15.5 Å². The van der Waals surface area contributed by atoms with Crippen molar-refractivity contribution in [3.63, 3.8) is 0 Å². The van der Waals surface area contributed by atoms with Gasteiger partial charge < -0.3 is 15.5 Å². The van der Waals surface area contributed by atoms with Gasteiger partial charge in [-0.05, 0) is 12.0 Å². The largest absolute Gasteiger partial charge is 0.469 e. The number of hydrogen-bond donors (Lipinski definition) is 3. The molecule has 0 amide bonds. The van der Waals surface area contributed by atoms with E-state index in [2.05, 4.69) is 4.52 Å². The number of phosphoric acid groups is 1. The van der Waals surface area contributed by atoms with Crippen molar-refractivity contribution in [2.75, 3.05) is 6.61 Å². The van der Waals surface area contributed by atoms with E-state index in [9.17, 15) is 4.57 Å². The van der Waals surface area contributed by atoms with Gasteiger partial charge in [0.25, 0.3) is 0 Å². The van der Waals surface area contributed by atoms with E-state index in [1.165, 1.54) is 0 Å². The minimum Gasteiger partial charge on any atom is -0.325 e. The van der Waals surface area contributed by atoms with E-state index in [-0.39, 0.29) is 19.0 Å². The molecule has 0 aliphatic carbocycles. The maximum absolute atomic E-state index is 10.4. The van der Waals surface area contributed by atoms with Gasteiger partial charge in [0.15, 0.2) is 0 Å². The first kappa shape index (κ1) is 15.6. The maximum atomic E-state index is 10.4. The lowest BCUT2D eigenvalue weighted by molar-refractivity contribution is 0.186. The van der Waals surface area contributed by atoms with Crippen LogP contribution in [0.25, 0.3) is 0 Å². The first-order valence-electron chi connectivity index (χ1n) is 4.47. The topological polar surface area (TPSA) is 92.8 Å². The molecule has 0 aliphatic rings. The number of hydrogen-bond acceptors (Lipinski definition) is 3. The lowest BCUT2D eigenvalue weighted by atomic mass is 10.1. The van der Waals surface area contributed by atoms with Crippen LogP contribution < -0.4 is 5.73 Å². The van der Waals surface area contributed by atoms with Crippen molar-refractivity contribution in [2.45, 2.75) is 12.5 Å². The highest BCUT2D eigenvalue weighted by molar-refractivity contribution is 7.46. The molecule has 4 N–H and O–H groups in total. The third-order valence-corrected chi connectivity index (χ3v) is 2.28. The predicted octanol–water partition coefficient (Wildman–Crippen LogP) is 1.09. The second kappa shape index (κ2) is 7.01. The molecule has 1 aromatic carbocycles. The van der Waals surface area contributed by atoms with Crippen LogP contribution in [0.2, 0.25) is 0 Å². The predicted molar refractivity (Wildman–Crippen MR) is 63.4 cm³/mol. The molecular weight excluding hydrogens is 253 g/mol. The molecule has 7 heteroatoms. The average molecular weight is 268 g/mol. The van der Waals surface area contributed by atoms with Gasteiger partial charge in [0.05, 0.1) is 6.61 Å². The Morgan fingerprint density at radius 2 is 1.88 bits per heavy atom. The van der Waals surface area contributed by atoms with E-state index in [0.29, 0.717) is 6.42 Å². The van der Waals surface area contributed by atoms with Gasteiger partial charge in [0.2, 0.25) is 0 Å². The van der Waals surface area contributed by atoms with Crippen LogP contribution in [-0.2, 0) is 15.5 Å². The first-order chi connectivity index (χ1) is 6.97. The zero-order valence-corrected chi connectivity index (χ0v) is 10.2. The Hall–Kier alpha value is -0.420. The number of halogens is 1. The van der Waals surface area contributed by atoms with Gasteiger partial charge in [0.1, 0.15) is 0 Å². The smallest absolute Gasteiger partial charge is 0.325 e. The first-order valence-corrected chi connectivity index (χ1v) is 6.00. The van der Waals surface area contributed by atoms with Crippen LogP contribution in [0.5, 0.6) is 0 Å². The average Bonchev–Trinajstić information content (AvgIpc) is 2.15. The highest BCUT2D eigenvalue weighted by Crippen LogP contribution is 2.35. The third kappa shape index (κ3) is 6.95. The third-order valence-electron chi connectivity index (χ3n) is 1.80. The Morgan fingerprint density at radius 3 is 2.38 bits per heavy atom. The number of rotatable bonds is 5. The molecule has 1 aromatic rings. The summed E-state index contributed by atoms with van der Waals surface area (Å²) < 4.78 is 14.7. The van der Waals surface area contributed by atoms with E-state index >= 15 is 0 Å². The van der Waals surface area contributed by atoms with Gasteiger partial charge in [-0.25, -0.2) is 4.57 Å². The van der Waals surface area contributed by atoms with Crippen LogP contribution >= 0.6 is 20.2 Å². The molecule has 0 spiro atoms. The molecule has 92 valence electrons. The summed E-state index contributed by atoms with van der Waals surface area (Å²) >= 11 is 0. The van der Waals surface area contributed by atoms with Crippen LogP contribution in [0.15, 0.2) is 30.3 Å². The Balaban J connectivity index is 0.00000225. The fourth-order valence-electron chi connectivity index (χ4n) is 1.17. The summed E-state index contributed by atoms with van der Waals surface area (Å²) in [5, 5.41) is 0. The van der Waals surface area contributed by atoms with Gasteiger partial charge in [-0.15, -0.1) is 12.4 Å². The second-order valence-electron chi connectivity index (χ2n) is 3.24. The fraction of sp³-hybridized carbons (Fsp3) is 0.333. The monoisotopic (exact) mass is 267 g/mol. The Kier molecular flexibility index (Phi) is 6.83. The van der Waals surface area contributed by atoms with Crippen molar-refractivity contribution in [1.82, 2.24) is 0 Å². The molecule has 0 bridgehead atoms. The van der Waals surface area contributed by atoms with E-state index < -0.39 is 13.9 Å². The molecule has 0 fully saturated rings. The summed E-state index contributed by atoms with van der Waals surface area (Å²) in [6, 6.07) is 9.04. The molecule has 0 aliphatic heterocycles. The highest BCUT2D eigenvalue weighted by Gasteiger charge is 2.16. The molecule has 0 saturated heterocycles. The second-order valence-corrected chi connectivity index (χ2v) is 4.48. The van der Waals surface area contributed by atoms with Crippen molar-refractivity contribution in [3.05, 3.63) is 35.9 Å². The van der Waals surface area contributed by atoms with Crippen molar-refractivity contribution >= 4 is 20.2 Å². The normalized spacial score (nSPS) is 12.9. The Bertz CT molecular complexity index is 343. The van der Waals surface area contributed by atoms with E-state index in [1.54, 1.807) is 0 Å². The Morgan fingerprint density at radius 1 is 1.31 bits per heavy atom. The molecule has 5 nitrogen and oxygen atoms in total. The number of nitrogens with two attached hydrogens (primary N) is 1. The number of phosphoric ester groups is 1.